The first-order valence-corrected chi connectivity index (χ1v) is 9.39. The number of hydrogen-bond acceptors (Lipinski definition) is 4. The molecule has 2 unspecified atom stereocenters. The van der Waals surface area contributed by atoms with E-state index in [0.717, 1.165) is 32.1 Å². The summed E-state index contributed by atoms with van der Waals surface area (Å²) in [6, 6.07) is 0. The molecule has 6 nitrogen and oxygen atoms in total. The first-order chi connectivity index (χ1) is 11.7. The number of rotatable bonds is 12. The molecule has 0 heterocycles. The molecule has 1 fully saturated rings. The van der Waals surface area contributed by atoms with Crippen molar-refractivity contribution in [1.82, 2.24) is 10.6 Å². The smallest absolute Gasteiger partial charge is 0.223 e. The Kier molecular flexibility index (Phi) is 11.5. The van der Waals surface area contributed by atoms with Crippen molar-refractivity contribution in [2.24, 2.45) is 11.8 Å². The first-order valence-electron chi connectivity index (χ1n) is 9.39. The van der Waals surface area contributed by atoms with Crippen LogP contribution >= 0.6 is 0 Å². The number of nitrogens with one attached hydrogen (secondary N) is 2. The minimum atomic E-state index is -0.0370. The highest BCUT2D eigenvalue weighted by Gasteiger charge is 2.30. The van der Waals surface area contributed by atoms with Crippen molar-refractivity contribution >= 4 is 11.8 Å². The van der Waals surface area contributed by atoms with E-state index in [-0.39, 0.29) is 23.7 Å². The molecule has 2 N–H and O–H groups in total. The number of amides is 2. The zero-order chi connectivity index (χ0) is 17.6. The van der Waals surface area contributed by atoms with Crippen molar-refractivity contribution in [3.05, 3.63) is 0 Å². The van der Waals surface area contributed by atoms with E-state index in [9.17, 15) is 9.59 Å². The van der Waals surface area contributed by atoms with Crippen LogP contribution in [0.3, 0.4) is 0 Å². The van der Waals surface area contributed by atoms with Crippen molar-refractivity contribution in [2.75, 3.05) is 39.5 Å². The van der Waals surface area contributed by atoms with Crippen LogP contribution in [0.15, 0.2) is 0 Å². The molecule has 6 heteroatoms. The summed E-state index contributed by atoms with van der Waals surface area (Å²) in [6.45, 7) is 7.97. The fourth-order valence-corrected chi connectivity index (χ4v) is 3.02. The van der Waals surface area contributed by atoms with Gasteiger partial charge in [-0.1, -0.05) is 6.42 Å². The standard InChI is InChI=1S/C18H34N2O4/c1-3-23-12-6-10-19-17(21)15-8-5-9-16(14-15)18(22)20-11-7-13-24-4-2/h15-16H,3-14H2,1-2H3,(H,19,21)(H,20,22). The van der Waals surface area contributed by atoms with E-state index in [4.69, 9.17) is 9.47 Å². The van der Waals surface area contributed by atoms with Gasteiger partial charge < -0.3 is 20.1 Å². The van der Waals surface area contributed by atoms with Crippen LogP contribution in [0.1, 0.15) is 52.4 Å². The molecular formula is C18H34N2O4. The summed E-state index contributed by atoms with van der Waals surface area (Å²) in [4.78, 5) is 24.5. The summed E-state index contributed by atoms with van der Waals surface area (Å²) in [5, 5.41) is 5.94. The topological polar surface area (TPSA) is 76.7 Å². The highest BCUT2D eigenvalue weighted by Crippen LogP contribution is 2.29. The molecule has 24 heavy (non-hydrogen) atoms. The van der Waals surface area contributed by atoms with Crippen LogP contribution in [-0.4, -0.2) is 51.3 Å². The molecule has 1 rings (SSSR count). The molecule has 0 saturated heterocycles. The molecular weight excluding hydrogens is 308 g/mol. The summed E-state index contributed by atoms with van der Waals surface area (Å²) in [7, 11) is 0. The SMILES string of the molecule is CCOCCCNC(=O)C1CCCC(C(=O)NCCCOCC)C1. The van der Waals surface area contributed by atoms with Crippen LogP contribution in [0.4, 0.5) is 0 Å². The van der Waals surface area contributed by atoms with Crippen LogP contribution < -0.4 is 10.6 Å². The van der Waals surface area contributed by atoms with Crippen LogP contribution in [-0.2, 0) is 19.1 Å². The van der Waals surface area contributed by atoms with Gasteiger partial charge in [-0.3, -0.25) is 9.59 Å². The third kappa shape index (κ3) is 8.64. The van der Waals surface area contributed by atoms with Gasteiger partial charge in [0, 0.05) is 51.4 Å². The van der Waals surface area contributed by atoms with Gasteiger partial charge in [0.15, 0.2) is 0 Å². The predicted octanol–water partition coefficient (Wildman–Crippen LogP) is 1.88. The number of carbonyl (C=O) groups is 2. The van der Waals surface area contributed by atoms with Crippen molar-refractivity contribution < 1.29 is 19.1 Å². The monoisotopic (exact) mass is 342 g/mol. The molecule has 0 aliphatic heterocycles. The third-order valence-electron chi connectivity index (χ3n) is 4.35. The largest absolute Gasteiger partial charge is 0.382 e. The Morgan fingerprint density at radius 2 is 1.33 bits per heavy atom. The summed E-state index contributed by atoms with van der Waals surface area (Å²) >= 11 is 0. The fraction of sp³-hybridized carbons (Fsp3) is 0.889. The molecule has 140 valence electrons. The lowest BCUT2D eigenvalue weighted by Crippen LogP contribution is -2.39. The maximum absolute atomic E-state index is 12.2. The van der Waals surface area contributed by atoms with Gasteiger partial charge in [0.2, 0.25) is 11.8 Å². The highest BCUT2D eigenvalue weighted by molar-refractivity contribution is 5.82. The van der Waals surface area contributed by atoms with Crippen molar-refractivity contribution in [1.29, 1.82) is 0 Å². The minimum absolute atomic E-state index is 0.0370. The van der Waals surface area contributed by atoms with E-state index in [2.05, 4.69) is 10.6 Å². The lowest BCUT2D eigenvalue weighted by Gasteiger charge is -2.27. The first kappa shape index (κ1) is 20.9. The zero-order valence-electron chi connectivity index (χ0n) is 15.3. The van der Waals surface area contributed by atoms with Gasteiger partial charge in [-0.05, 0) is 46.0 Å². The van der Waals surface area contributed by atoms with E-state index >= 15 is 0 Å². The molecule has 2 amide bonds. The minimum Gasteiger partial charge on any atom is -0.382 e. The predicted molar refractivity (Wildman–Crippen MR) is 93.7 cm³/mol. The van der Waals surface area contributed by atoms with Gasteiger partial charge in [-0.25, -0.2) is 0 Å². The van der Waals surface area contributed by atoms with Crippen LogP contribution in [0, 0.1) is 11.8 Å². The van der Waals surface area contributed by atoms with Gasteiger partial charge in [0.1, 0.15) is 0 Å². The Hall–Kier alpha value is -1.14. The normalized spacial score (nSPS) is 20.6. The van der Waals surface area contributed by atoms with Gasteiger partial charge in [0.05, 0.1) is 0 Å². The molecule has 1 aliphatic rings. The maximum Gasteiger partial charge on any atom is 0.223 e. The number of hydrogen-bond donors (Lipinski definition) is 2. The Morgan fingerprint density at radius 3 is 1.75 bits per heavy atom. The van der Waals surface area contributed by atoms with E-state index < -0.39 is 0 Å². The second kappa shape index (κ2) is 13.2. The molecule has 0 bridgehead atoms. The Bertz CT molecular complexity index is 331. The Balaban J connectivity index is 2.22. The molecule has 0 radical (unpaired) electrons. The van der Waals surface area contributed by atoms with E-state index in [1.807, 2.05) is 13.8 Å². The summed E-state index contributed by atoms with van der Waals surface area (Å²) < 4.78 is 10.5. The summed E-state index contributed by atoms with van der Waals surface area (Å²) in [5.41, 5.74) is 0. The van der Waals surface area contributed by atoms with E-state index in [1.165, 1.54) is 0 Å². The summed E-state index contributed by atoms with van der Waals surface area (Å²) in [5.74, 6) is 0.0933. The second-order valence-corrected chi connectivity index (χ2v) is 6.24. The van der Waals surface area contributed by atoms with Crippen LogP contribution in [0.2, 0.25) is 0 Å². The fourth-order valence-electron chi connectivity index (χ4n) is 3.02. The van der Waals surface area contributed by atoms with E-state index in [1.54, 1.807) is 0 Å². The van der Waals surface area contributed by atoms with Crippen molar-refractivity contribution in [2.45, 2.75) is 52.4 Å². The van der Waals surface area contributed by atoms with Gasteiger partial charge in [-0.15, -0.1) is 0 Å². The van der Waals surface area contributed by atoms with Gasteiger partial charge >= 0.3 is 0 Å². The molecule has 0 spiro atoms. The highest BCUT2D eigenvalue weighted by atomic mass is 16.5. The molecule has 0 aromatic rings. The molecule has 0 aromatic heterocycles. The van der Waals surface area contributed by atoms with E-state index in [0.29, 0.717) is 45.9 Å². The second-order valence-electron chi connectivity index (χ2n) is 6.24. The third-order valence-corrected chi connectivity index (χ3v) is 4.35. The number of ether oxygens (including phenoxy) is 2. The molecule has 1 aliphatic carbocycles. The average molecular weight is 342 g/mol. The Labute approximate surface area is 146 Å². The molecule has 0 aromatic carbocycles. The lowest BCUT2D eigenvalue weighted by molar-refractivity contribution is -0.130. The van der Waals surface area contributed by atoms with Gasteiger partial charge in [-0.2, -0.15) is 0 Å². The zero-order valence-corrected chi connectivity index (χ0v) is 15.3. The van der Waals surface area contributed by atoms with Crippen LogP contribution in [0.5, 0.6) is 0 Å². The lowest BCUT2D eigenvalue weighted by atomic mass is 9.80. The molecule has 2 atom stereocenters. The van der Waals surface area contributed by atoms with Crippen molar-refractivity contribution in [3.8, 4) is 0 Å². The molecule has 1 saturated carbocycles. The van der Waals surface area contributed by atoms with Crippen molar-refractivity contribution in [3.63, 3.8) is 0 Å². The quantitative estimate of drug-likeness (QED) is 0.531. The maximum atomic E-state index is 12.2. The summed E-state index contributed by atoms with van der Waals surface area (Å²) in [6.07, 6.45) is 5.02. The Morgan fingerprint density at radius 1 is 0.875 bits per heavy atom. The van der Waals surface area contributed by atoms with Crippen LogP contribution in [0.25, 0.3) is 0 Å². The van der Waals surface area contributed by atoms with Gasteiger partial charge in [0.25, 0.3) is 0 Å². The average Bonchev–Trinajstić information content (AvgIpc) is 2.61. The number of carbonyl (C=O) groups excluding carboxylic acids is 2.